The molecule has 0 aromatic carbocycles. The molecule has 2 N–H and O–H groups in total. The molecule has 110 valence electrons. The van der Waals surface area contributed by atoms with E-state index in [1.54, 1.807) is 12.3 Å². The van der Waals surface area contributed by atoms with E-state index in [1.165, 1.54) is 10.8 Å². The molecule has 0 bridgehead atoms. The first kappa shape index (κ1) is 14.7. The fourth-order valence-electron chi connectivity index (χ4n) is 2.76. The molecule has 6 nitrogen and oxygen atoms in total. The Morgan fingerprint density at radius 1 is 1.40 bits per heavy atom. The predicted molar refractivity (Wildman–Crippen MR) is 74.0 cm³/mol. The molecule has 20 heavy (non-hydrogen) atoms. The van der Waals surface area contributed by atoms with Gasteiger partial charge in [-0.3, -0.25) is 9.36 Å². The molecule has 6 heteroatoms. The van der Waals surface area contributed by atoms with Crippen molar-refractivity contribution in [2.75, 3.05) is 13.2 Å². The molecule has 1 saturated carbocycles. The van der Waals surface area contributed by atoms with E-state index >= 15 is 0 Å². The van der Waals surface area contributed by atoms with Crippen molar-refractivity contribution in [3.63, 3.8) is 0 Å². The third-order valence-corrected chi connectivity index (χ3v) is 3.96. The van der Waals surface area contributed by atoms with Crippen molar-refractivity contribution in [2.45, 2.75) is 32.2 Å². The van der Waals surface area contributed by atoms with Crippen LogP contribution in [0.25, 0.3) is 0 Å². The molecule has 2 rings (SSSR count). The highest BCUT2D eigenvalue weighted by Gasteiger charge is 2.24. The number of aliphatic hydroxyl groups excluding tert-OH is 1. The van der Waals surface area contributed by atoms with Crippen LogP contribution in [0.15, 0.2) is 23.3 Å². The summed E-state index contributed by atoms with van der Waals surface area (Å²) in [4.78, 5) is 26.8. The molecule has 0 aliphatic heterocycles. The Bertz CT molecular complexity index is 500. The number of carbonyl (C=O) groups excluding carboxylic acids is 1. The topological polar surface area (TPSA) is 84.2 Å². The van der Waals surface area contributed by atoms with Gasteiger partial charge in [0.25, 0.3) is 0 Å². The monoisotopic (exact) mass is 279 g/mol. The van der Waals surface area contributed by atoms with Crippen molar-refractivity contribution in [2.24, 2.45) is 11.8 Å². The normalized spacial score (nSPS) is 22.4. The highest BCUT2D eigenvalue weighted by molar-refractivity contribution is 5.75. The Morgan fingerprint density at radius 2 is 2.15 bits per heavy atom. The smallest absolute Gasteiger partial charge is 0.347 e. The van der Waals surface area contributed by atoms with Gasteiger partial charge in [0.15, 0.2) is 0 Å². The number of hydrogen-bond acceptors (Lipinski definition) is 4. The van der Waals surface area contributed by atoms with Crippen LogP contribution in [0.4, 0.5) is 0 Å². The second-order valence-electron chi connectivity index (χ2n) is 5.32. The summed E-state index contributed by atoms with van der Waals surface area (Å²) in [5.41, 5.74) is -0.423. The van der Waals surface area contributed by atoms with Crippen molar-refractivity contribution < 1.29 is 9.90 Å². The molecule has 1 aliphatic carbocycles. The van der Waals surface area contributed by atoms with Crippen LogP contribution < -0.4 is 11.0 Å². The fraction of sp³-hybridized carbons (Fsp3) is 0.643. The van der Waals surface area contributed by atoms with E-state index in [9.17, 15) is 14.7 Å². The largest absolute Gasteiger partial charge is 0.396 e. The van der Waals surface area contributed by atoms with Crippen LogP contribution in [0.1, 0.15) is 25.7 Å². The van der Waals surface area contributed by atoms with Gasteiger partial charge in [0.05, 0.1) is 0 Å². The van der Waals surface area contributed by atoms with Crippen LogP contribution in [-0.2, 0) is 11.3 Å². The molecular weight excluding hydrogens is 258 g/mol. The molecule has 1 aromatic rings. The first-order valence-corrected chi connectivity index (χ1v) is 7.09. The molecule has 1 amide bonds. The average molecular weight is 279 g/mol. The maximum Gasteiger partial charge on any atom is 0.347 e. The van der Waals surface area contributed by atoms with Gasteiger partial charge in [-0.25, -0.2) is 9.78 Å². The zero-order valence-electron chi connectivity index (χ0n) is 11.5. The van der Waals surface area contributed by atoms with Crippen molar-refractivity contribution >= 4 is 5.91 Å². The summed E-state index contributed by atoms with van der Waals surface area (Å²) >= 11 is 0. The molecule has 1 heterocycles. The van der Waals surface area contributed by atoms with Crippen molar-refractivity contribution in [3.8, 4) is 0 Å². The Hall–Kier alpha value is -1.69. The van der Waals surface area contributed by atoms with Gasteiger partial charge in [0, 0.05) is 25.5 Å². The van der Waals surface area contributed by atoms with Gasteiger partial charge in [-0.1, -0.05) is 12.8 Å². The Balaban J connectivity index is 1.83. The zero-order chi connectivity index (χ0) is 14.4. The summed E-state index contributed by atoms with van der Waals surface area (Å²) in [5.74, 6) is 0.427. The number of nitrogens with one attached hydrogen (secondary N) is 1. The molecule has 1 fully saturated rings. The zero-order valence-corrected chi connectivity index (χ0v) is 11.5. The van der Waals surface area contributed by atoms with Crippen LogP contribution in [0.2, 0.25) is 0 Å². The van der Waals surface area contributed by atoms with Crippen molar-refractivity contribution in [1.82, 2.24) is 14.9 Å². The van der Waals surface area contributed by atoms with E-state index in [0.29, 0.717) is 12.5 Å². The van der Waals surface area contributed by atoms with Gasteiger partial charge in [-0.05, 0) is 30.7 Å². The number of amides is 1. The lowest BCUT2D eigenvalue weighted by Gasteiger charge is -2.30. The SMILES string of the molecule is O=C(Cn1cccnc1=O)NCC1CCCCC1CO. The van der Waals surface area contributed by atoms with Crippen LogP contribution in [0.3, 0.4) is 0 Å². The van der Waals surface area contributed by atoms with Crippen LogP contribution in [0, 0.1) is 11.8 Å². The summed E-state index contributed by atoms with van der Waals surface area (Å²) in [6, 6.07) is 1.62. The van der Waals surface area contributed by atoms with Gasteiger partial charge in [-0.15, -0.1) is 0 Å². The molecule has 0 spiro atoms. The van der Waals surface area contributed by atoms with Gasteiger partial charge >= 0.3 is 5.69 Å². The van der Waals surface area contributed by atoms with Gasteiger partial charge in [0.2, 0.25) is 5.91 Å². The molecule has 1 aliphatic rings. The van der Waals surface area contributed by atoms with Crippen LogP contribution in [-0.4, -0.2) is 33.7 Å². The Morgan fingerprint density at radius 3 is 2.85 bits per heavy atom. The molecule has 1 aromatic heterocycles. The maximum absolute atomic E-state index is 11.8. The third kappa shape index (κ3) is 3.90. The summed E-state index contributed by atoms with van der Waals surface area (Å²) < 4.78 is 1.28. The van der Waals surface area contributed by atoms with Crippen LogP contribution >= 0.6 is 0 Å². The summed E-state index contributed by atoms with van der Waals surface area (Å²) in [6.07, 6.45) is 7.33. The second kappa shape index (κ2) is 7.19. The molecule has 0 saturated heterocycles. The van der Waals surface area contributed by atoms with Crippen LogP contribution in [0.5, 0.6) is 0 Å². The standard InChI is InChI=1S/C14H21N3O3/c18-10-12-5-2-1-4-11(12)8-16-13(19)9-17-7-3-6-15-14(17)20/h3,6-7,11-12,18H,1-2,4-5,8-10H2,(H,16,19). The third-order valence-electron chi connectivity index (χ3n) is 3.96. The minimum Gasteiger partial charge on any atom is -0.396 e. The summed E-state index contributed by atoms with van der Waals surface area (Å²) in [7, 11) is 0. The van der Waals surface area contributed by atoms with Gasteiger partial charge in [-0.2, -0.15) is 0 Å². The molecular formula is C14H21N3O3. The highest BCUT2D eigenvalue weighted by atomic mass is 16.3. The van der Waals surface area contributed by atoms with Gasteiger partial charge in [0.1, 0.15) is 6.54 Å². The van der Waals surface area contributed by atoms with E-state index in [4.69, 9.17) is 0 Å². The first-order valence-electron chi connectivity index (χ1n) is 7.09. The summed E-state index contributed by atoms with van der Waals surface area (Å²) in [6.45, 7) is 0.741. The minimum absolute atomic E-state index is 0.0107. The first-order chi connectivity index (χ1) is 9.70. The molecule has 2 unspecified atom stereocenters. The lowest BCUT2D eigenvalue weighted by Crippen LogP contribution is -2.38. The lowest BCUT2D eigenvalue weighted by molar-refractivity contribution is -0.122. The van der Waals surface area contributed by atoms with E-state index in [1.807, 2.05) is 0 Å². The quantitative estimate of drug-likeness (QED) is 0.804. The van der Waals surface area contributed by atoms with Crippen molar-refractivity contribution in [3.05, 3.63) is 28.9 Å². The highest BCUT2D eigenvalue weighted by Crippen LogP contribution is 2.28. The molecule has 2 atom stereocenters. The predicted octanol–water partition coefficient (Wildman–Crippen LogP) is 0.158. The van der Waals surface area contributed by atoms with E-state index in [-0.39, 0.29) is 25.0 Å². The average Bonchev–Trinajstić information content (AvgIpc) is 2.48. The number of rotatable bonds is 5. The van der Waals surface area contributed by atoms with Gasteiger partial charge < -0.3 is 10.4 Å². The van der Waals surface area contributed by atoms with E-state index < -0.39 is 5.69 Å². The molecule has 0 radical (unpaired) electrons. The lowest BCUT2D eigenvalue weighted by atomic mass is 9.79. The Labute approximate surface area is 117 Å². The maximum atomic E-state index is 11.8. The van der Waals surface area contributed by atoms with E-state index in [2.05, 4.69) is 10.3 Å². The minimum atomic E-state index is -0.423. The number of hydrogen-bond donors (Lipinski definition) is 2. The number of aliphatic hydroxyl groups is 1. The number of carbonyl (C=O) groups is 1. The van der Waals surface area contributed by atoms with Crippen molar-refractivity contribution in [1.29, 1.82) is 0 Å². The number of aromatic nitrogens is 2. The van der Waals surface area contributed by atoms with E-state index in [0.717, 1.165) is 25.7 Å². The Kier molecular flexibility index (Phi) is 5.29. The fourth-order valence-corrected chi connectivity index (χ4v) is 2.76. The second-order valence-corrected chi connectivity index (χ2v) is 5.32. The summed E-state index contributed by atoms with van der Waals surface area (Å²) in [5, 5.41) is 12.2. The number of nitrogens with zero attached hydrogens (tertiary/aromatic N) is 2.